The topological polar surface area (TPSA) is 154 Å². The van der Waals surface area contributed by atoms with Crippen LogP contribution in [0.2, 0.25) is 0 Å². The molecular weight excluding hydrogens is 220 g/mol. The molecule has 8 N–H and O–H groups in total. The van der Waals surface area contributed by atoms with Crippen LogP contribution in [0.5, 0.6) is 0 Å². The molecule has 0 aromatic rings. The summed E-state index contributed by atoms with van der Waals surface area (Å²) in [5.74, 6) is -0.218. The summed E-state index contributed by atoms with van der Waals surface area (Å²) in [6.07, 6.45) is 5.33. The molecule has 0 radical (unpaired) electrons. The summed E-state index contributed by atoms with van der Waals surface area (Å²) in [5, 5.41) is 14.5. The Morgan fingerprint density at radius 3 is 2.12 bits per heavy atom. The van der Waals surface area contributed by atoms with E-state index in [1.165, 1.54) is 6.21 Å². The molecule has 0 aliphatic rings. The highest BCUT2D eigenvalue weighted by Crippen LogP contribution is 2.00. The fourth-order valence-electron chi connectivity index (χ4n) is 0.981. The number of rotatable bonds is 7. The van der Waals surface area contributed by atoms with Gasteiger partial charge >= 0.3 is 0 Å². The summed E-state index contributed by atoms with van der Waals surface area (Å²) in [6.45, 7) is 2.11. The van der Waals surface area contributed by atoms with E-state index in [1.807, 2.05) is 0 Å². The maximum absolute atomic E-state index is 5.18. The maximum atomic E-state index is 5.18. The van der Waals surface area contributed by atoms with Gasteiger partial charge in [0.15, 0.2) is 0 Å². The van der Waals surface area contributed by atoms with E-state index in [0.29, 0.717) is 12.1 Å². The van der Waals surface area contributed by atoms with Crippen molar-refractivity contribution in [2.75, 3.05) is 0 Å². The Kier molecular flexibility index (Phi) is 7.99. The largest absolute Gasteiger partial charge is 0.369 e. The van der Waals surface area contributed by atoms with E-state index < -0.39 is 0 Å². The third-order valence-corrected chi connectivity index (χ3v) is 1.71. The minimum Gasteiger partial charge on any atom is -0.369 e. The van der Waals surface area contributed by atoms with Crippen LogP contribution in [0, 0.1) is 0 Å². The van der Waals surface area contributed by atoms with Crippen molar-refractivity contribution in [1.29, 1.82) is 0 Å². The molecule has 8 nitrogen and oxygen atoms in total. The highest BCUT2D eigenvalue weighted by Gasteiger charge is 1.96. The second kappa shape index (κ2) is 9.13. The van der Waals surface area contributed by atoms with Crippen LogP contribution in [0.4, 0.5) is 0 Å². The summed E-state index contributed by atoms with van der Waals surface area (Å²) >= 11 is 0. The first kappa shape index (κ1) is 14.9. The van der Waals surface area contributed by atoms with Crippen LogP contribution in [0.1, 0.15) is 32.6 Å². The van der Waals surface area contributed by atoms with Gasteiger partial charge in [-0.15, -0.1) is 10.2 Å². The summed E-state index contributed by atoms with van der Waals surface area (Å²) in [7, 11) is 0. The molecule has 0 aliphatic heterocycles. The highest BCUT2D eigenvalue weighted by atomic mass is 15.3. The molecule has 0 spiro atoms. The van der Waals surface area contributed by atoms with Crippen LogP contribution >= 0.6 is 0 Å². The summed E-state index contributed by atoms with van der Waals surface area (Å²) in [6, 6.07) is 0. The molecule has 0 bridgehead atoms. The molecule has 0 amide bonds. The molecule has 0 aliphatic carbocycles. The van der Waals surface area contributed by atoms with E-state index in [4.69, 9.17) is 22.9 Å². The van der Waals surface area contributed by atoms with Gasteiger partial charge in [0.2, 0.25) is 11.9 Å². The third-order valence-electron chi connectivity index (χ3n) is 1.71. The van der Waals surface area contributed by atoms with Crippen LogP contribution < -0.4 is 22.9 Å². The highest BCUT2D eigenvalue weighted by molar-refractivity contribution is 6.30. The Hall–Kier alpha value is -2.12. The molecule has 17 heavy (non-hydrogen) atoms. The quantitative estimate of drug-likeness (QED) is 0.204. The van der Waals surface area contributed by atoms with Crippen LogP contribution in [-0.2, 0) is 0 Å². The second-order valence-electron chi connectivity index (χ2n) is 3.34. The molecule has 0 aromatic heterocycles. The van der Waals surface area contributed by atoms with Crippen molar-refractivity contribution in [3.63, 3.8) is 0 Å². The van der Waals surface area contributed by atoms with Gasteiger partial charge in [-0.1, -0.05) is 19.8 Å². The maximum Gasteiger partial charge on any atom is 0.211 e. The molecule has 8 heteroatoms. The lowest BCUT2D eigenvalue weighted by molar-refractivity contribution is 0.743. The van der Waals surface area contributed by atoms with E-state index in [0.717, 1.165) is 19.3 Å². The molecule has 0 saturated heterocycles. The van der Waals surface area contributed by atoms with Crippen molar-refractivity contribution in [1.82, 2.24) is 0 Å². The zero-order valence-electron chi connectivity index (χ0n) is 10.0. The first-order valence-corrected chi connectivity index (χ1v) is 5.33. The Morgan fingerprint density at radius 2 is 1.59 bits per heavy atom. The van der Waals surface area contributed by atoms with Crippen molar-refractivity contribution < 1.29 is 0 Å². The van der Waals surface area contributed by atoms with Crippen LogP contribution in [0.3, 0.4) is 0 Å². The van der Waals surface area contributed by atoms with E-state index in [9.17, 15) is 0 Å². The monoisotopic (exact) mass is 240 g/mol. The zero-order valence-corrected chi connectivity index (χ0v) is 10.0. The number of nitrogens with two attached hydrogens (primary N) is 4. The molecular formula is C9H20N8. The average molecular weight is 240 g/mol. The predicted octanol–water partition coefficient (Wildman–Crippen LogP) is -0.545. The normalized spacial score (nSPS) is 11.5. The molecule has 0 unspecified atom stereocenters. The van der Waals surface area contributed by atoms with E-state index in [-0.39, 0.29) is 11.9 Å². The first-order valence-electron chi connectivity index (χ1n) is 5.33. The van der Waals surface area contributed by atoms with Gasteiger partial charge in [-0.3, -0.25) is 0 Å². The number of unbranched alkanes of at least 4 members (excludes halogenated alkanes) is 2. The van der Waals surface area contributed by atoms with Gasteiger partial charge in [0.25, 0.3) is 0 Å². The number of nitrogens with zero attached hydrogens (tertiary/aromatic N) is 4. The minimum absolute atomic E-state index is 0.103. The number of hydrogen-bond donors (Lipinski definition) is 4. The van der Waals surface area contributed by atoms with Crippen LogP contribution in [0.15, 0.2) is 20.4 Å². The average Bonchev–Trinajstić information content (AvgIpc) is 2.24. The van der Waals surface area contributed by atoms with Crippen LogP contribution in [-0.4, -0.2) is 23.8 Å². The SMILES string of the molecule is CCCCCC(C=NN=C(N)N)=NN=C(N)N. The smallest absolute Gasteiger partial charge is 0.211 e. The van der Waals surface area contributed by atoms with Crippen molar-refractivity contribution in [2.45, 2.75) is 32.6 Å². The van der Waals surface area contributed by atoms with Crippen LogP contribution in [0.25, 0.3) is 0 Å². The van der Waals surface area contributed by atoms with Gasteiger partial charge in [-0.25, -0.2) is 0 Å². The van der Waals surface area contributed by atoms with Gasteiger partial charge in [-0.05, 0) is 12.8 Å². The Bertz CT molecular complexity index is 320. The first-order chi connectivity index (χ1) is 8.06. The van der Waals surface area contributed by atoms with E-state index in [1.54, 1.807) is 0 Å². The summed E-state index contributed by atoms with van der Waals surface area (Å²) in [4.78, 5) is 0. The molecule has 0 atom stereocenters. The Balaban J connectivity index is 4.50. The molecule has 0 rings (SSSR count). The molecule has 0 aromatic carbocycles. The Morgan fingerprint density at radius 1 is 0.941 bits per heavy atom. The standard InChI is InChI=1S/C9H20N8/c1-2-3-4-5-7(15-17-9(12)13)6-14-16-8(10)11/h6H,2-5H2,1H3,(H4,10,11,16)(H4,12,13,17). The van der Waals surface area contributed by atoms with E-state index in [2.05, 4.69) is 27.3 Å². The summed E-state index contributed by atoms with van der Waals surface area (Å²) in [5.41, 5.74) is 21.2. The predicted molar refractivity (Wildman–Crippen MR) is 71.7 cm³/mol. The van der Waals surface area contributed by atoms with Crippen molar-refractivity contribution in [2.24, 2.45) is 43.3 Å². The molecule has 0 heterocycles. The van der Waals surface area contributed by atoms with Crippen molar-refractivity contribution in [3.8, 4) is 0 Å². The lowest BCUT2D eigenvalue weighted by Gasteiger charge is -1.97. The minimum atomic E-state index is -0.115. The van der Waals surface area contributed by atoms with Gasteiger partial charge in [0.05, 0.1) is 11.9 Å². The zero-order chi connectivity index (χ0) is 13.1. The van der Waals surface area contributed by atoms with Gasteiger partial charge in [0.1, 0.15) is 0 Å². The molecule has 96 valence electrons. The molecule has 0 fully saturated rings. The van der Waals surface area contributed by atoms with Gasteiger partial charge in [-0.2, -0.15) is 10.2 Å². The van der Waals surface area contributed by atoms with Crippen molar-refractivity contribution >= 4 is 23.8 Å². The second-order valence-corrected chi connectivity index (χ2v) is 3.34. The van der Waals surface area contributed by atoms with Crippen molar-refractivity contribution in [3.05, 3.63) is 0 Å². The van der Waals surface area contributed by atoms with Gasteiger partial charge in [0, 0.05) is 0 Å². The van der Waals surface area contributed by atoms with E-state index >= 15 is 0 Å². The lowest BCUT2D eigenvalue weighted by atomic mass is 10.1. The molecule has 0 saturated carbocycles. The summed E-state index contributed by atoms with van der Waals surface area (Å²) < 4.78 is 0. The number of hydrogen-bond acceptors (Lipinski definition) is 4. The Labute approximate surface area is 101 Å². The third kappa shape index (κ3) is 10.2. The fraction of sp³-hybridized carbons (Fsp3) is 0.556. The fourth-order valence-corrected chi connectivity index (χ4v) is 0.981. The van der Waals surface area contributed by atoms with Gasteiger partial charge < -0.3 is 22.9 Å². The number of guanidine groups is 2. The lowest BCUT2D eigenvalue weighted by Crippen LogP contribution is -2.22.